The maximum absolute atomic E-state index is 12.3. The summed E-state index contributed by atoms with van der Waals surface area (Å²) in [5.74, 6) is 0.151. The lowest BCUT2D eigenvalue weighted by Crippen LogP contribution is -2.21. The molecule has 1 radical (unpaired) electrons. The number of nitrogens with one attached hydrogen (secondary N) is 1. The second-order valence-electron chi connectivity index (χ2n) is 1.63. The van der Waals surface area contributed by atoms with Gasteiger partial charge in [0, 0.05) is 6.21 Å². The molecule has 0 aromatic rings. The molecule has 0 unspecified atom stereocenters. The molecule has 0 atom stereocenters. The topological polar surface area (TPSA) is 24.4 Å². The highest BCUT2D eigenvalue weighted by Gasteiger charge is 2.14. The Labute approximate surface area is 67.7 Å². The lowest BCUT2D eigenvalue weighted by atomic mass is 10.4. The van der Waals surface area contributed by atoms with E-state index < -0.39 is 6.42 Å². The van der Waals surface area contributed by atoms with Crippen LogP contribution in [0.5, 0.6) is 0 Å². The van der Waals surface area contributed by atoms with Crippen molar-refractivity contribution in [1.29, 1.82) is 0 Å². The Kier molecular flexibility index (Phi) is 2.51. The molecule has 55 valence electrons. The van der Waals surface area contributed by atoms with Gasteiger partial charge < -0.3 is 5.32 Å². The number of allylic oxidation sites excluding steroid dienone is 2. The van der Waals surface area contributed by atoms with Crippen LogP contribution >= 0.6 is 23.2 Å². The summed E-state index contributed by atoms with van der Waals surface area (Å²) in [4.78, 5) is 3.27. The first-order valence-corrected chi connectivity index (χ1v) is 3.43. The van der Waals surface area contributed by atoms with Crippen LogP contribution in [0.4, 0.5) is 4.39 Å². The molecule has 0 spiro atoms. The summed E-state index contributed by atoms with van der Waals surface area (Å²) in [5.41, 5.74) is 0.441. The largest absolute Gasteiger partial charge is 0.350 e. The Bertz CT molecular complexity index is 190. The van der Waals surface area contributed by atoms with Gasteiger partial charge in [0.1, 0.15) is 0 Å². The zero-order valence-corrected chi connectivity index (χ0v) is 6.38. The molecule has 0 aliphatic carbocycles. The third kappa shape index (κ3) is 1.61. The number of halogens is 3. The van der Waals surface area contributed by atoms with Gasteiger partial charge in [0.2, 0.25) is 0 Å². The van der Waals surface area contributed by atoms with Gasteiger partial charge in [-0.2, -0.15) is 4.39 Å². The van der Waals surface area contributed by atoms with E-state index in [2.05, 4.69) is 10.3 Å². The van der Waals surface area contributed by atoms with E-state index in [1.165, 1.54) is 6.21 Å². The fourth-order valence-electron chi connectivity index (χ4n) is 0.505. The second-order valence-corrected chi connectivity index (χ2v) is 2.31. The Balaban J connectivity index is 2.74. The first-order chi connectivity index (χ1) is 4.74. The van der Waals surface area contributed by atoms with Crippen molar-refractivity contribution in [1.82, 2.24) is 5.32 Å². The third-order valence-electron chi connectivity index (χ3n) is 0.967. The first kappa shape index (κ1) is 7.82. The minimum absolute atomic E-state index is 0.151. The Morgan fingerprint density at radius 2 is 2.40 bits per heavy atom. The van der Waals surface area contributed by atoms with Crippen LogP contribution in [0.2, 0.25) is 0 Å². The van der Waals surface area contributed by atoms with Crippen LogP contribution in [-0.4, -0.2) is 12.1 Å². The van der Waals surface area contributed by atoms with Crippen molar-refractivity contribution in [3.05, 3.63) is 17.1 Å². The van der Waals surface area contributed by atoms with Crippen molar-refractivity contribution in [2.45, 2.75) is 0 Å². The minimum atomic E-state index is -0.681. The maximum atomic E-state index is 12.3. The van der Waals surface area contributed by atoms with Crippen molar-refractivity contribution >= 4 is 29.4 Å². The summed E-state index contributed by atoms with van der Waals surface area (Å²) in [6.07, 6.45) is 0.533. The minimum Gasteiger partial charge on any atom is -0.330 e. The highest BCUT2D eigenvalue weighted by Crippen LogP contribution is 2.15. The fraction of sp³-hybridized carbons (Fsp3) is 0.200. The summed E-state index contributed by atoms with van der Waals surface area (Å²) in [5, 5.41) is 2.63. The molecule has 0 bridgehead atoms. The van der Waals surface area contributed by atoms with E-state index in [0.29, 0.717) is 10.7 Å². The van der Waals surface area contributed by atoms with Gasteiger partial charge in [-0.25, -0.2) is 4.99 Å². The van der Waals surface area contributed by atoms with Crippen LogP contribution in [-0.2, 0) is 0 Å². The van der Waals surface area contributed by atoms with E-state index in [0.717, 1.165) is 0 Å². The van der Waals surface area contributed by atoms with E-state index >= 15 is 0 Å². The van der Waals surface area contributed by atoms with Crippen molar-refractivity contribution in [2.24, 2.45) is 4.99 Å². The standard InChI is InChI=1S/C5H4Cl2FN2/c6-1-4-3(7)2-9-5(8)10-4/h2,10H,1H2. The molecule has 0 aromatic carbocycles. The van der Waals surface area contributed by atoms with Gasteiger partial charge in [-0.3, -0.25) is 0 Å². The zero-order valence-electron chi connectivity index (χ0n) is 4.87. The summed E-state index contributed by atoms with van der Waals surface area (Å²) in [6, 6.07) is 0. The lowest BCUT2D eigenvalue weighted by Gasteiger charge is -2.12. The van der Waals surface area contributed by atoms with E-state index in [1.807, 2.05) is 0 Å². The molecule has 1 heterocycles. The van der Waals surface area contributed by atoms with Gasteiger partial charge in [0.05, 0.1) is 16.6 Å². The predicted octanol–water partition coefficient (Wildman–Crippen LogP) is 1.77. The molecule has 0 amide bonds. The average Bonchev–Trinajstić information content (AvgIpc) is 1.94. The molecule has 0 saturated carbocycles. The molecular weight excluding hydrogens is 178 g/mol. The van der Waals surface area contributed by atoms with Gasteiger partial charge in [-0.1, -0.05) is 11.6 Å². The molecule has 0 fully saturated rings. The molecular formula is C5H4Cl2FN2. The van der Waals surface area contributed by atoms with Crippen LogP contribution in [0.15, 0.2) is 15.7 Å². The fourth-order valence-corrected chi connectivity index (χ4v) is 0.947. The lowest BCUT2D eigenvalue weighted by molar-refractivity contribution is 0.441. The van der Waals surface area contributed by atoms with Crippen LogP contribution in [0, 0.1) is 6.42 Å². The Morgan fingerprint density at radius 1 is 1.70 bits per heavy atom. The van der Waals surface area contributed by atoms with Crippen molar-refractivity contribution in [3.8, 4) is 0 Å². The second kappa shape index (κ2) is 3.21. The smallest absolute Gasteiger partial charge is 0.330 e. The SMILES string of the molecule is F[C]1N=CC(Cl)=C(CCl)N1. The van der Waals surface area contributed by atoms with E-state index in [9.17, 15) is 4.39 Å². The molecule has 2 nitrogen and oxygen atoms in total. The number of rotatable bonds is 1. The van der Waals surface area contributed by atoms with Gasteiger partial charge in [0.25, 0.3) is 0 Å². The highest BCUT2D eigenvalue weighted by molar-refractivity contribution is 6.40. The number of alkyl halides is 1. The van der Waals surface area contributed by atoms with Gasteiger partial charge in [-0.05, 0) is 0 Å². The summed E-state index contributed by atoms with van der Waals surface area (Å²) in [7, 11) is 0. The number of aliphatic imine (C=N–C) groups is 1. The highest BCUT2D eigenvalue weighted by atomic mass is 35.5. The molecule has 0 saturated heterocycles. The van der Waals surface area contributed by atoms with Crippen molar-refractivity contribution in [2.75, 3.05) is 5.88 Å². The molecule has 0 aromatic heterocycles. The zero-order chi connectivity index (χ0) is 7.56. The Morgan fingerprint density at radius 3 is 2.90 bits per heavy atom. The predicted molar refractivity (Wildman–Crippen MR) is 39.6 cm³/mol. The van der Waals surface area contributed by atoms with Crippen LogP contribution in [0.1, 0.15) is 0 Å². The number of hydrogen-bond donors (Lipinski definition) is 1. The van der Waals surface area contributed by atoms with Gasteiger partial charge >= 0.3 is 6.42 Å². The number of nitrogens with zero attached hydrogens (tertiary/aromatic N) is 1. The van der Waals surface area contributed by atoms with Crippen LogP contribution < -0.4 is 5.32 Å². The Hall–Kier alpha value is -0.280. The quantitative estimate of drug-likeness (QED) is 0.484. The maximum Gasteiger partial charge on any atom is 0.350 e. The molecule has 1 aliphatic heterocycles. The molecule has 1 N–H and O–H groups in total. The van der Waals surface area contributed by atoms with Gasteiger partial charge in [-0.15, -0.1) is 11.6 Å². The number of hydrogen-bond acceptors (Lipinski definition) is 2. The molecule has 1 rings (SSSR count). The van der Waals surface area contributed by atoms with E-state index in [-0.39, 0.29) is 5.88 Å². The van der Waals surface area contributed by atoms with Crippen LogP contribution in [0.25, 0.3) is 0 Å². The summed E-state index contributed by atoms with van der Waals surface area (Å²) in [6.45, 7) is 0. The summed E-state index contributed by atoms with van der Waals surface area (Å²) >= 11 is 10.9. The monoisotopic (exact) mass is 181 g/mol. The molecule has 10 heavy (non-hydrogen) atoms. The molecule has 1 aliphatic rings. The van der Waals surface area contributed by atoms with Gasteiger partial charge in [0.15, 0.2) is 0 Å². The molecule has 5 heteroatoms. The van der Waals surface area contributed by atoms with Crippen molar-refractivity contribution < 1.29 is 4.39 Å². The first-order valence-electron chi connectivity index (χ1n) is 2.52. The third-order valence-corrected chi connectivity index (χ3v) is 1.56. The van der Waals surface area contributed by atoms with Crippen LogP contribution in [0.3, 0.4) is 0 Å². The average molecular weight is 182 g/mol. The normalized spacial score (nSPS) is 19.5. The van der Waals surface area contributed by atoms with E-state index in [4.69, 9.17) is 23.2 Å². The van der Waals surface area contributed by atoms with Crippen molar-refractivity contribution in [3.63, 3.8) is 0 Å². The summed E-state index contributed by atoms with van der Waals surface area (Å²) < 4.78 is 12.3. The van der Waals surface area contributed by atoms with E-state index in [1.54, 1.807) is 0 Å².